The number of carbonyl (C=O) groups is 1. The zero-order valence-electron chi connectivity index (χ0n) is 17.2. The van der Waals surface area contributed by atoms with E-state index in [9.17, 15) is 4.79 Å². The molecule has 148 valence electrons. The van der Waals surface area contributed by atoms with Gasteiger partial charge in [0.15, 0.2) is 0 Å². The summed E-state index contributed by atoms with van der Waals surface area (Å²) in [6.07, 6.45) is 0.664. The highest BCUT2D eigenvalue weighted by atomic mass is 16.6. The molecule has 4 nitrogen and oxygen atoms in total. The van der Waals surface area contributed by atoms with Crippen LogP contribution in [0, 0.1) is 0 Å². The number of hydrogen-bond acceptors (Lipinski definition) is 3. The van der Waals surface area contributed by atoms with Gasteiger partial charge in [0.2, 0.25) is 0 Å². The standard InChI is InChI=1S/C24H29NO3/c1-5-19-15-25(23(26)28-24(2,3)4)16-22(19)20-11-13-21(14-12-20)27-17-18-9-7-6-8-10-18/h6-14H,5,15-17H2,1-4H3. The van der Waals surface area contributed by atoms with E-state index in [0.717, 1.165) is 23.3 Å². The molecule has 3 rings (SSSR count). The molecule has 0 saturated heterocycles. The molecule has 2 aromatic rings. The summed E-state index contributed by atoms with van der Waals surface area (Å²) in [6, 6.07) is 18.3. The molecule has 0 bridgehead atoms. The van der Waals surface area contributed by atoms with E-state index in [-0.39, 0.29) is 6.09 Å². The average Bonchev–Trinajstić information content (AvgIpc) is 3.11. The maximum Gasteiger partial charge on any atom is 0.410 e. The molecule has 2 aromatic carbocycles. The third kappa shape index (κ3) is 5.16. The van der Waals surface area contributed by atoms with Crippen LogP contribution in [-0.4, -0.2) is 29.7 Å². The number of carbonyl (C=O) groups excluding carboxylic acids is 1. The number of amides is 1. The van der Waals surface area contributed by atoms with Gasteiger partial charge in [0.1, 0.15) is 18.0 Å². The first kappa shape index (κ1) is 20.0. The third-order valence-corrected chi connectivity index (χ3v) is 4.69. The highest BCUT2D eigenvalue weighted by molar-refractivity contribution is 5.79. The molecule has 0 aliphatic carbocycles. The summed E-state index contributed by atoms with van der Waals surface area (Å²) in [5.74, 6) is 0.841. The van der Waals surface area contributed by atoms with Gasteiger partial charge < -0.3 is 9.47 Å². The Bertz CT molecular complexity index is 832. The predicted octanol–water partition coefficient (Wildman–Crippen LogP) is 5.68. The molecule has 0 unspecified atom stereocenters. The van der Waals surface area contributed by atoms with Gasteiger partial charge in [-0.05, 0) is 61.6 Å². The summed E-state index contributed by atoms with van der Waals surface area (Å²) in [5, 5.41) is 0. The van der Waals surface area contributed by atoms with Crippen LogP contribution in [-0.2, 0) is 11.3 Å². The zero-order chi connectivity index (χ0) is 20.1. The van der Waals surface area contributed by atoms with Gasteiger partial charge in [0.25, 0.3) is 0 Å². The van der Waals surface area contributed by atoms with E-state index >= 15 is 0 Å². The molecular formula is C24H29NO3. The minimum atomic E-state index is -0.482. The molecular weight excluding hydrogens is 350 g/mol. The van der Waals surface area contributed by atoms with Gasteiger partial charge >= 0.3 is 6.09 Å². The van der Waals surface area contributed by atoms with E-state index in [0.29, 0.717) is 19.7 Å². The molecule has 1 amide bonds. The van der Waals surface area contributed by atoms with Crippen molar-refractivity contribution in [3.63, 3.8) is 0 Å². The topological polar surface area (TPSA) is 38.8 Å². The van der Waals surface area contributed by atoms with E-state index in [1.807, 2.05) is 51.1 Å². The van der Waals surface area contributed by atoms with Crippen molar-refractivity contribution in [3.8, 4) is 5.75 Å². The Labute approximate surface area is 167 Å². The van der Waals surface area contributed by atoms with Crippen molar-refractivity contribution >= 4 is 11.7 Å². The molecule has 0 radical (unpaired) electrons. The molecule has 1 heterocycles. The molecule has 0 fully saturated rings. The highest BCUT2D eigenvalue weighted by Crippen LogP contribution is 2.30. The van der Waals surface area contributed by atoms with Crippen LogP contribution < -0.4 is 4.74 Å². The van der Waals surface area contributed by atoms with E-state index in [1.54, 1.807) is 4.90 Å². The number of nitrogens with zero attached hydrogens (tertiary/aromatic N) is 1. The van der Waals surface area contributed by atoms with Crippen LogP contribution in [0.4, 0.5) is 4.79 Å². The van der Waals surface area contributed by atoms with Crippen LogP contribution in [0.5, 0.6) is 5.75 Å². The number of hydrogen-bond donors (Lipinski definition) is 0. The summed E-state index contributed by atoms with van der Waals surface area (Å²) < 4.78 is 11.4. The quantitative estimate of drug-likeness (QED) is 0.671. The van der Waals surface area contributed by atoms with Crippen molar-refractivity contribution in [1.29, 1.82) is 0 Å². The van der Waals surface area contributed by atoms with Gasteiger partial charge in [-0.15, -0.1) is 0 Å². The molecule has 0 aromatic heterocycles. The lowest BCUT2D eigenvalue weighted by Gasteiger charge is -2.24. The lowest BCUT2D eigenvalue weighted by Crippen LogP contribution is -2.35. The molecule has 0 saturated carbocycles. The molecule has 4 heteroatoms. The fourth-order valence-electron chi connectivity index (χ4n) is 3.25. The van der Waals surface area contributed by atoms with Crippen molar-refractivity contribution in [1.82, 2.24) is 4.90 Å². The Balaban J connectivity index is 1.65. The largest absolute Gasteiger partial charge is 0.489 e. The summed E-state index contributed by atoms with van der Waals surface area (Å²) in [5.41, 5.74) is 4.29. The first-order chi connectivity index (χ1) is 13.4. The lowest BCUT2D eigenvalue weighted by atomic mass is 10.0. The summed E-state index contributed by atoms with van der Waals surface area (Å²) >= 11 is 0. The Morgan fingerprint density at radius 3 is 2.29 bits per heavy atom. The van der Waals surface area contributed by atoms with Crippen LogP contribution >= 0.6 is 0 Å². The first-order valence-electron chi connectivity index (χ1n) is 9.81. The van der Waals surface area contributed by atoms with Gasteiger partial charge in [-0.25, -0.2) is 4.79 Å². The molecule has 1 aliphatic heterocycles. The summed E-state index contributed by atoms with van der Waals surface area (Å²) in [6.45, 7) is 9.58. The lowest BCUT2D eigenvalue weighted by molar-refractivity contribution is 0.0303. The van der Waals surface area contributed by atoms with Gasteiger partial charge in [-0.2, -0.15) is 0 Å². The SMILES string of the molecule is CCC1=C(c2ccc(OCc3ccccc3)cc2)CN(C(=O)OC(C)(C)C)C1. The highest BCUT2D eigenvalue weighted by Gasteiger charge is 2.29. The molecule has 1 aliphatic rings. The minimum absolute atomic E-state index is 0.253. The van der Waals surface area contributed by atoms with Crippen molar-refractivity contribution in [3.05, 3.63) is 71.3 Å². The molecule has 0 spiro atoms. The smallest absolute Gasteiger partial charge is 0.410 e. The van der Waals surface area contributed by atoms with E-state index in [2.05, 4.69) is 31.2 Å². The third-order valence-electron chi connectivity index (χ3n) is 4.69. The van der Waals surface area contributed by atoms with Crippen molar-refractivity contribution in [2.75, 3.05) is 13.1 Å². The maximum atomic E-state index is 12.4. The fraction of sp³-hybridized carbons (Fsp3) is 0.375. The maximum absolute atomic E-state index is 12.4. The zero-order valence-corrected chi connectivity index (χ0v) is 17.2. The van der Waals surface area contributed by atoms with E-state index in [4.69, 9.17) is 9.47 Å². The van der Waals surface area contributed by atoms with E-state index < -0.39 is 5.60 Å². The van der Waals surface area contributed by atoms with Gasteiger partial charge in [-0.1, -0.05) is 49.4 Å². The van der Waals surface area contributed by atoms with Crippen LogP contribution in [0.25, 0.3) is 5.57 Å². The van der Waals surface area contributed by atoms with Gasteiger partial charge in [0.05, 0.1) is 0 Å². The van der Waals surface area contributed by atoms with Crippen molar-refractivity contribution in [2.24, 2.45) is 0 Å². The van der Waals surface area contributed by atoms with Crippen LogP contribution in [0.3, 0.4) is 0 Å². The van der Waals surface area contributed by atoms with Crippen LogP contribution in [0.15, 0.2) is 60.2 Å². The second kappa shape index (κ2) is 8.51. The molecule has 28 heavy (non-hydrogen) atoms. The Morgan fingerprint density at radius 2 is 1.68 bits per heavy atom. The average molecular weight is 380 g/mol. The predicted molar refractivity (Wildman–Crippen MR) is 112 cm³/mol. The number of rotatable bonds is 5. The number of ether oxygens (including phenoxy) is 2. The van der Waals surface area contributed by atoms with Crippen molar-refractivity contribution in [2.45, 2.75) is 46.3 Å². The molecule has 0 atom stereocenters. The normalized spacial score (nSPS) is 14.4. The summed E-state index contributed by atoms with van der Waals surface area (Å²) in [7, 11) is 0. The second-order valence-electron chi connectivity index (χ2n) is 8.07. The van der Waals surface area contributed by atoms with Gasteiger partial charge in [0, 0.05) is 13.1 Å². The number of benzene rings is 2. The second-order valence-corrected chi connectivity index (χ2v) is 8.07. The van der Waals surface area contributed by atoms with Gasteiger partial charge in [-0.3, -0.25) is 4.90 Å². The monoisotopic (exact) mass is 379 g/mol. The van der Waals surface area contributed by atoms with E-state index in [1.165, 1.54) is 11.1 Å². The van der Waals surface area contributed by atoms with Crippen LogP contribution in [0.1, 0.15) is 45.2 Å². The Hall–Kier alpha value is -2.75. The first-order valence-corrected chi connectivity index (χ1v) is 9.81. The molecule has 0 N–H and O–H groups in total. The van der Waals surface area contributed by atoms with Crippen molar-refractivity contribution < 1.29 is 14.3 Å². The minimum Gasteiger partial charge on any atom is -0.489 e. The Morgan fingerprint density at radius 1 is 1.00 bits per heavy atom. The Kier molecular flexibility index (Phi) is 6.08. The summed E-state index contributed by atoms with van der Waals surface area (Å²) in [4.78, 5) is 14.2. The fourth-order valence-corrected chi connectivity index (χ4v) is 3.25. The van der Waals surface area contributed by atoms with Crippen LogP contribution in [0.2, 0.25) is 0 Å².